The standard InChI is InChI=1S/C11H19N3OS/c1-14-11(3-7-13-14)2-6-12-10-4-8-16(15)9-5-10/h3,7,10,12H,2,4-6,8-9H2,1H3. The number of hydrogen-bond donors (Lipinski definition) is 1. The second kappa shape index (κ2) is 5.59. The van der Waals surface area contributed by atoms with Crippen molar-refractivity contribution >= 4 is 10.8 Å². The zero-order valence-corrected chi connectivity index (χ0v) is 10.5. The molecular formula is C11H19N3OS. The van der Waals surface area contributed by atoms with Gasteiger partial charge < -0.3 is 5.32 Å². The Hall–Kier alpha value is -0.680. The van der Waals surface area contributed by atoms with Gasteiger partial charge in [0.1, 0.15) is 0 Å². The molecule has 2 heterocycles. The highest BCUT2D eigenvalue weighted by molar-refractivity contribution is 7.85. The van der Waals surface area contributed by atoms with Gasteiger partial charge in [0, 0.05) is 60.3 Å². The molecule has 0 aromatic carbocycles. The van der Waals surface area contributed by atoms with Crippen LogP contribution in [-0.2, 0) is 24.3 Å². The highest BCUT2D eigenvalue weighted by Gasteiger charge is 2.16. The summed E-state index contributed by atoms with van der Waals surface area (Å²) >= 11 is 0. The molecule has 1 N–H and O–H groups in total. The minimum Gasteiger partial charge on any atom is -0.314 e. The molecule has 1 aliphatic rings. The van der Waals surface area contributed by atoms with E-state index in [1.165, 1.54) is 5.69 Å². The summed E-state index contributed by atoms with van der Waals surface area (Å²) in [4.78, 5) is 0. The van der Waals surface area contributed by atoms with E-state index >= 15 is 0 Å². The molecule has 0 aliphatic carbocycles. The molecule has 1 fully saturated rings. The second-order valence-electron chi connectivity index (χ2n) is 4.27. The molecule has 2 rings (SSSR count). The Morgan fingerprint density at radius 1 is 1.56 bits per heavy atom. The van der Waals surface area contributed by atoms with Crippen molar-refractivity contribution in [1.82, 2.24) is 15.1 Å². The van der Waals surface area contributed by atoms with Gasteiger partial charge in [-0.2, -0.15) is 5.10 Å². The molecule has 0 atom stereocenters. The monoisotopic (exact) mass is 241 g/mol. The summed E-state index contributed by atoms with van der Waals surface area (Å²) in [6, 6.07) is 2.61. The summed E-state index contributed by atoms with van der Waals surface area (Å²) in [6.45, 7) is 0.983. The highest BCUT2D eigenvalue weighted by atomic mass is 32.2. The Labute approximate surface area is 98.9 Å². The highest BCUT2D eigenvalue weighted by Crippen LogP contribution is 2.09. The van der Waals surface area contributed by atoms with Gasteiger partial charge in [0.15, 0.2) is 0 Å². The van der Waals surface area contributed by atoms with Gasteiger partial charge in [-0.05, 0) is 18.9 Å². The van der Waals surface area contributed by atoms with Crippen molar-refractivity contribution in [2.75, 3.05) is 18.1 Å². The summed E-state index contributed by atoms with van der Waals surface area (Å²) in [7, 11) is 1.42. The molecule has 1 aromatic heterocycles. The molecule has 4 nitrogen and oxygen atoms in total. The van der Waals surface area contributed by atoms with E-state index in [1.807, 2.05) is 17.9 Å². The van der Waals surface area contributed by atoms with Crippen LogP contribution < -0.4 is 5.32 Å². The lowest BCUT2D eigenvalue weighted by molar-refractivity contribution is 0.475. The van der Waals surface area contributed by atoms with Crippen LogP contribution >= 0.6 is 0 Å². The molecule has 5 heteroatoms. The van der Waals surface area contributed by atoms with Crippen LogP contribution in [0.1, 0.15) is 18.5 Å². The maximum Gasteiger partial charge on any atom is 0.0492 e. The number of rotatable bonds is 4. The van der Waals surface area contributed by atoms with Crippen LogP contribution in [0.15, 0.2) is 12.3 Å². The second-order valence-corrected chi connectivity index (χ2v) is 5.97. The molecule has 1 saturated heterocycles. The van der Waals surface area contributed by atoms with E-state index in [-0.39, 0.29) is 0 Å². The number of aromatic nitrogens is 2. The van der Waals surface area contributed by atoms with Crippen LogP contribution in [0.5, 0.6) is 0 Å². The Balaban J connectivity index is 1.68. The van der Waals surface area contributed by atoms with Crippen LogP contribution in [0.3, 0.4) is 0 Å². The van der Waals surface area contributed by atoms with Crippen molar-refractivity contribution in [2.45, 2.75) is 25.3 Å². The van der Waals surface area contributed by atoms with Gasteiger partial charge in [-0.1, -0.05) is 0 Å². The number of aryl methyl sites for hydroxylation is 1. The molecule has 1 aromatic rings. The predicted molar refractivity (Wildman–Crippen MR) is 65.8 cm³/mol. The van der Waals surface area contributed by atoms with E-state index in [9.17, 15) is 4.21 Å². The van der Waals surface area contributed by atoms with Crippen LogP contribution in [-0.4, -0.2) is 38.1 Å². The van der Waals surface area contributed by atoms with Crippen molar-refractivity contribution < 1.29 is 4.21 Å². The summed E-state index contributed by atoms with van der Waals surface area (Å²) in [6.07, 6.45) is 4.95. The SMILES string of the molecule is Cn1nccc1CCNC1CCS(=O)CC1. The zero-order chi connectivity index (χ0) is 11.4. The van der Waals surface area contributed by atoms with Crippen molar-refractivity contribution in [3.05, 3.63) is 18.0 Å². The number of nitrogens with one attached hydrogen (secondary N) is 1. The van der Waals surface area contributed by atoms with E-state index in [1.54, 1.807) is 0 Å². The van der Waals surface area contributed by atoms with Gasteiger partial charge >= 0.3 is 0 Å². The van der Waals surface area contributed by atoms with Gasteiger partial charge in [-0.15, -0.1) is 0 Å². The molecule has 1 aliphatic heterocycles. The molecule has 90 valence electrons. The lowest BCUT2D eigenvalue weighted by Gasteiger charge is -2.22. The number of nitrogens with zero attached hydrogens (tertiary/aromatic N) is 2. The molecule has 0 spiro atoms. The fourth-order valence-electron chi connectivity index (χ4n) is 2.05. The Morgan fingerprint density at radius 3 is 2.94 bits per heavy atom. The average molecular weight is 241 g/mol. The van der Waals surface area contributed by atoms with Crippen LogP contribution in [0.2, 0.25) is 0 Å². The van der Waals surface area contributed by atoms with E-state index in [2.05, 4.69) is 16.5 Å². The Bertz CT molecular complexity index is 354. The first-order chi connectivity index (χ1) is 7.75. The molecule has 0 saturated carbocycles. The first-order valence-electron chi connectivity index (χ1n) is 5.81. The molecule has 0 unspecified atom stereocenters. The normalized spacial score (nSPS) is 25.8. The zero-order valence-electron chi connectivity index (χ0n) is 9.69. The van der Waals surface area contributed by atoms with Crippen molar-refractivity contribution in [3.8, 4) is 0 Å². The van der Waals surface area contributed by atoms with Crippen molar-refractivity contribution in [1.29, 1.82) is 0 Å². The van der Waals surface area contributed by atoms with E-state index < -0.39 is 10.8 Å². The fraction of sp³-hybridized carbons (Fsp3) is 0.727. The first kappa shape index (κ1) is 11.8. The largest absolute Gasteiger partial charge is 0.314 e. The maximum atomic E-state index is 11.2. The summed E-state index contributed by atoms with van der Waals surface area (Å²) in [5.74, 6) is 1.73. The lowest BCUT2D eigenvalue weighted by atomic mass is 10.1. The molecule has 0 amide bonds. The van der Waals surface area contributed by atoms with Crippen LogP contribution in [0, 0.1) is 0 Å². The van der Waals surface area contributed by atoms with Gasteiger partial charge in [-0.25, -0.2) is 0 Å². The smallest absolute Gasteiger partial charge is 0.0492 e. The topological polar surface area (TPSA) is 46.9 Å². The average Bonchev–Trinajstić information content (AvgIpc) is 2.68. The number of hydrogen-bond acceptors (Lipinski definition) is 3. The van der Waals surface area contributed by atoms with Gasteiger partial charge in [0.25, 0.3) is 0 Å². The minimum absolute atomic E-state index is 0.554. The van der Waals surface area contributed by atoms with E-state index in [0.29, 0.717) is 6.04 Å². The minimum atomic E-state index is -0.554. The molecule has 16 heavy (non-hydrogen) atoms. The Morgan fingerprint density at radius 2 is 2.31 bits per heavy atom. The van der Waals surface area contributed by atoms with Gasteiger partial charge in [0.05, 0.1) is 0 Å². The van der Waals surface area contributed by atoms with Gasteiger partial charge in [0.2, 0.25) is 0 Å². The quantitative estimate of drug-likeness (QED) is 0.833. The maximum absolute atomic E-state index is 11.2. The third kappa shape index (κ3) is 3.15. The fourth-order valence-corrected chi connectivity index (χ4v) is 3.35. The Kier molecular flexibility index (Phi) is 4.12. The molecule has 0 radical (unpaired) electrons. The summed E-state index contributed by atoms with van der Waals surface area (Å²) < 4.78 is 13.1. The predicted octanol–water partition coefficient (Wildman–Crippen LogP) is 0.463. The lowest BCUT2D eigenvalue weighted by Crippen LogP contribution is -2.36. The van der Waals surface area contributed by atoms with Crippen molar-refractivity contribution in [3.63, 3.8) is 0 Å². The van der Waals surface area contributed by atoms with E-state index in [0.717, 1.165) is 37.3 Å². The first-order valence-corrected chi connectivity index (χ1v) is 7.30. The van der Waals surface area contributed by atoms with Gasteiger partial charge in [-0.3, -0.25) is 8.89 Å². The van der Waals surface area contributed by atoms with Crippen LogP contribution in [0.25, 0.3) is 0 Å². The molecule has 0 bridgehead atoms. The third-order valence-corrected chi connectivity index (χ3v) is 4.51. The summed E-state index contributed by atoms with van der Waals surface area (Å²) in [5.41, 5.74) is 1.26. The third-order valence-electron chi connectivity index (χ3n) is 3.12. The molecular weight excluding hydrogens is 222 g/mol. The van der Waals surface area contributed by atoms with Crippen LogP contribution in [0.4, 0.5) is 0 Å². The van der Waals surface area contributed by atoms with Crippen molar-refractivity contribution in [2.24, 2.45) is 7.05 Å². The van der Waals surface area contributed by atoms with E-state index in [4.69, 9.17) is 0 Å². The summed E-state index contributed by atoms with van der Waals surface area (Å²) in [5, 5.41) is 7.67.